The average molecular weight is 237 g/mol. The first-order chi connectivity index (χ1) is 5.87. The van der Waals surface area contributed by atoms with Crippen LogP contribution in [-0.4, -0.2) is 0 Å². The summed E-state index contributed by atoms with van der Waals surface area (Å²) in [6, 6.07) is 5.95. The minimum absolute atomic E-state index is 0.249. The lowest BCUT2D eigenvalue weighted by molar-refractivity contribution is 0.592. The summed E-state index contributed by atoms with van der Waals surface area (Å²) in [6.07, 6.45) is 0.249. The number of rotatable bonds is 2. The van der Waals surface area contributed by atoms with Gasteiger partial charge in [-0.2, -0.15) is 0 Å². The Morgan fingerprint density at radius 3 is 2.00 bits per heavy atom. The van der Waals surface area contributed by atoms with Crippen LogP contribution in [0.15, 0.2) is 18.2 Å². The van der Waals surface area contributed by atoms with Crippen molar-refractivity contribution in [3.63, 3.8) is 0 Å². The van der Waals surface area contributed by atoms with Crippen molar-refractivity contribution in [1.82, 2.24) is 0 Å². The highest BCUT2D eigenvalue weighted by Gasteiger charge is 2.14. The topological polar surface area (TPSA) is 17.1 Å². The van der Waals surface area contributed by atoms with Crippen LogP contribution in [0.5, 0.6) is 0 Å². The molecule has 0 atom stereocenters. The van der Waals surface area contributed by atoms with E-state index in [1.54, 1.807) is 0 Å². The summed E-state index contributed by atoms with van der Waals surface area (Å²) in [7, 11) is 0. The molecule has 1 aromatic rings. The molecule has 0 radical (unpaired) electrons. The molecule has 0 saturated carbocycles. The molecule has 13 heavy (non-hydrogen) atoms. The number of aryl methyl sites for hydroxylation is 2. The summed E-state index contributed by atoms with van der Waals surface area (Å²) >= 11 is 11.0. The largest absolute Gasteiger partial charge is 0.289 e. The van der Waals surface area contributed by atoms with Crippen molar-refractivity contribution in [2.24, 2.45) is 0 Å². The standard InChI is InChI=1S/C9H11Cl2OP/c1-7-3-8(2)5-9(4-7)6-13(10,11)12/h3-5H,6H2,1-2H3. The van der Waals surface area contributed by atoms with Gasteiger partial charge in [0.2, 0.25) is 0 Å². The van der Waals surface area contributed by atoms with E-state index < -0.39 is 5.85 Å². The van der Waals surface area contributed by atoms with Gasteiger partial charge in [-0.3, -0.25) is 4.57 Å². The van der Waals surface area contributed by atoms with Gasteiger partial charge in [-0.15, -0.1) is 0 Å². The van der Waals surface area contributed by atoms with E-state index in [0.29, 0.717) is 0 Å². The smallest absolute Gasteiger partial charge is 0.257 e. The van der Waals surface area contributed by atoms with Crippen LogP contribution in [0.4, 0.5) is 0 Å². The van der Waals surface area contributed by atoms with Crippen molar-refractivity contribution >= 4 is 28.3 Å². The molecule has 0 spiro atoms. The van der Waals surface area contributed by atoms with E-state index in [2.05, 4.69) is 6.07 Å². The van der Waals surface area contributed by atoms with Gasteiger partial charge in [0, 0.05) is 0 Å². The van der Waals surface area contributed by atoms with Crippen LogP contribution in [0.3, 0.4) is 0 Å². The summed E-state index contributed by atoms with van der Waals surface area (Å²) in [4.78, 5) is 0. The minimum atomic E-state index is -2.98. The van der Waals surface area contributed by atoms with Gasteiger partial charge in [0.15, 0.2) is 0 Å². The molecule has 0 aromatic heterocycles. The third-order valence-electron chi connectivity index (χ3n) is 1.65. The second kappa shape index (κ2) is 4.04. The lowest BCUT2D eigenvalue weighted by Crippen LogP contribution is -1.85. The molecule has 0 aliphatic carbocycles. The summed E-state index contributed by atoms with van der Waals surface area (Å²) in [5, 5.41) is 0. The second-order valence-corrected chi connectivity index (χ2v) is 8.48. The first kappa shape index (κ1) is 11.1. The Morgan fingerprint density at radius 2 is 1.62 bits per heavy atom. The molecule has 0 unspecified atom stereocenters. The predicted octanol–water partition coefficient (Wildman–Crippen LogP) is 4.47. The van der Waals surface area contributed by atoms with Crippen molar-refractivity contribution in [2.75, 3.05) is 0 Å². The third-order valence-corrected chi connectivity index (χ3v) is 3.10. The lowest BCUT2D eigenvalue weighted by Gasteiger charge is -2.05. The minimum Gasteiger partial charge on any atom is -0.289 e. The SMILES string of the molecule is Cc1cc(C)cc(CP(=O)(Cl)Cl)c1. The van der Waals surface area contributed by atoms with Crippen LogP contribution < -0.4 is 0 Å². The maximum Gasteiger partial charge on any atom is 0.257 e. The Hall–Kier alpha value is 0.0300. The van der Waals surface area contributed by atoms with Crippen LogP contribution in [0.1, 0.15) is 16.7 Å². The second-order valence-electron chi connectivity index (χ2n) is 3.22. The molecular formula is C9H11Cl2OP. The van der Waals surface area contributed by atoms with E-state index in [4.69, 9.17) is 22.5 Å². The third kappa shape index (κ3) is 4.17. The van der Waals surface area contributed by atoms with Crippen molar-refractivity contribution in [1.29, 1.82) is 0 Å². The van der Waals surface area contributed by atoms with Crippen molar-refractivity contribution in [2.45, 2.75) is 20.0 Å². The van der Waals surface area contributed by atoms with E-state index >= 15 is 0 Å². The van der Waals surface area contributed by atoms with Gasteiger partial charge >= 0.3 is 0 Å². The molecule has 1 nitrogen and oxygen atoms in total. The molecule has 72 valence electrons. The van der Waals surface area contributed by atoms with Crippen LogP contribution >= 0.6 is 28.3 Å². The van der Waals surface area contributed by atoms with Gasteiger partial charge < -0.3 is 0 Å². The van der Waals surface area contributed by atoms with Crippen molar-refractivity contribution in [3.8, 4) is 0 Å². The summed E-state index contributed by atoms with van der Waals surface area (Å²) < 4.78 is 11.1. The van der Waals surface area contributed by atoms with Crippen molar-refractivity contribution in [3.05, 3.63) is 34.9 Å². The van der Waals surface area contributed by atoms with Crippen LogP contribution in [0.2, 0.25) is 0 Å². The van der Waals surface area contributed by atoms with Gasteiger partial charge in [-0.05, 0) is 41.9 Å². The van der Waals surface area contributed by atoms with Crippen molar-refractivity contribution < 1.29 is 4.57 Å². The summed E-state index contributed by atoms with van der Waals surface area (Å²) in [5.41, 5.74) is 3.21. The fourth-order valence-corrected chi connectivity index (χ4v) is 2.81. The predicted molar refractivity (Wildman–Crippen MR) is 58.9 cm³/mol. The zero-order valence-electron chi connectivity index (χ0n) is 7.55. The highest BCUT2D eigenvalue weighted by molar-refractivity contribution is 8.08. The fourth-order valence-electron chi connectivity index (χ4n) is 1.37. The Bertz CT molecular complexity index is 336. The molecule has 0 amide bonds. The fraction of sp³-hybridized carbons (Fsp3) is 0.333. The first-order valence-corrected chi connectivity index (χ1v) is 7.62. The monoisotopic (exact) mass is 236 g/mol. The maximum atomic E-state index is 11.1. The number of hydrogen-bond donors (Lipinski definition) is 0. The Kier molecular flexibility index (Phi) is 3.45. The van der Waals surface area contributed by atoms with Crippen LogP contribution in [-0.2, 0) is 10.7 Å². The van der Waals surface area contributed by atoms with E-state index in [0.717, 1.165) is 16.7 Å². The highest BCUT2D eigenvalue weighted by atomic mass is 35.9. The normalized spacial score (nSPS) is 11.7. The summed E-state index contributed by atoms with van der Waals surface area (Å²) in [6.45, 7) is 3.98. The van der Waals surface area contributed by atoms with Gasteiger partial charge in [0.05, 0.1) is 6.16 Å². The molecule has 0 N–H and O–H groups in total. The molecule has 0 saturated heterocycles. The highest BCUT2D eigenvalue weighted by Crippen LogP contribution is 2.59. The van der Waals surface area contributed by atoms with Crippen LogP contribution in [0, 0.1) is 13.8 Å². The average Bonchev–Trinajstić information content (AvgIpc) is 1.78. The maximum absolute atomic E-state index is 11.1. The Morgan fingerprint density at radius 1 is 1.15 bits per heavy atom. The van der Waals surface area contributed by atoms with Gasteiger partial charge in [-0.1, -0.05) is 29.3 Å². The molecule has 0 aliphatic heterocycles. The quantitative estimate of drug-likeness (QED) is 0.693. The van der Waals surface area contributed by atoms with E-state index in [-0.39, 0.29) is 6.16 Å². The molecule has 1 aromatic carbocycles. The lowest BCUT2D eigenvalue weighted by atomic mass is 10.1. The number of benzene rings is 1. The Labute approximate surface area is 88.0 Å². The number of hydrogen-bond acceptors (Lipinski definition) is 1. The molecule has 4 heteroatoms. The molecule has 0 fully saturated rings. The molecular weight excluding hydrogens is 226 g/mol. The molecule has 0 aliphatic rings. The van der Waals surface area contributed by atoms with E-state index in [1.165, 1.54) is 0 Å². The molecule has 0 bridgehead atoms. The zero-order chi connectivity index (χ0) is 10.1. The van der Waals surface area contributed by atoms with Crippen LogP contribution in [0.25, 0.3) is 0 Å². The van der Waals surface area contributed by atoms with E-state index in [9.17, 15) is 4.57 Å². The first-order valence-electron chi connectivity index (χ1n) is 3.92. The molecule has 1 rings (SSSR count). The van der Waals surface area contributed by atoms with E-state index in [1.807, 2.05) is 26.0 Å². The van der Waals surface area contributed by atoms with Gasteiger partial charge in [0.1, 0.15) is 0 Å². The van der Waals surface area contributed by atoms with Gasteiger partial charge in [-0.25, -0.2) is 0 Å². The zero-order valence-corrected chi connectivity index (χ0v) is 9.96. The Balaban J connectivity index is 2.96. The number of halogens is 2. The van der Waals surface area contributed by atoms with Gasteiger partial charge in [0.25, 0.3) is 5.85 Å². The summed E-state index contributed by atoms with van der Waals surface area (Å²) in [5.74, 6) is -2.98. The molecule has 0 heterocycles.